The van der Waals surface area contributed by atoms with Crippen molar-refractivity contribution in [2.75, 3.05) is 0 Å². The number of nitrogens with one attached hydrogen (secondary N) is 2. The Balaban J connectivity index is 1.85. The van der Waals surface area contributed by atoms with E-state index < -0.39 is 0 Å². The normalized spacial score (nSPS) is 12.4. The Hall–Kier alpha value is -2.03. The molecule has 3 nitrogen and oxygen atoms in total. The van der Waals surface area contributed by atoms with Crippen LogP contribution in [0.4, 0.5) is 0 Å². The molecule has 1 amide bonds. The number of carbonyl (C=O) groups is 1. The molecule has 0 radical (unpaired) electrons. The number of aromatic amines is 1. The molecule has 2 aromatic rings. The molecule has 2 rings (SSSR count). The summed E-state index contributed by atoms with van der Waals surface area (Å²) in [6, 6.07) is 12.5. The largest absolute Gasteiger partial charge is 0.364 e. The van der Waals surface area contributed by atoms with Crippen LogP contribution in [0.3, 0.4) is 0 Å². The lowest BCUT2D eigenvalue weighted by molar-refractivity contribution is -0.121. The van der Waals surface area contributed by atoms with Gasteiger partial charge in [0.05, 0.1) is 6.54 Å². The lowest BCUT2D eigenvalue weighted by Gasteiger charge is -2.13. The van der Waals surface area contributed by atoms with Crippen LogP contribution in [-0.2, 0) is 11.3 Å². The Morgan fingerprint density at radius 1 is 1.10 bits per heavy atom. The molecule has 0 unspecified atom stereocenters. The highest BCUT2D eigenvalue weighted by atomic mass is 16.1. The van der Waals surface area contributed by atoms with Crippen molar-refractivity contribution in [3.05, 3.63) is 59.4 Å². The molecule has 1 atom stereocenters. The third-order valence-electron chi connectivity index (χ3n) is 3.80. The van der Waals surface area contributed by atoms with Crippen LogP contribution in [0.1, 0.15) is 55.8 Å². The minimum absolute atomic E-state index is 0.0880. The first-order valence-electron chi connectivity index (χ1n) is 7.55. The molecule has 0 aliphatic rings. The molecule has 0 aliphatic carbocycles. The highest BCUT2D eigenvalue weighted by molar-refractivity contribution is 5.76. The van der Waals surface area contributed by atoms with E-state index in [-0.39, 0.29) is 11.8 Å². The number of rotatable bonds is 6. The van der Waals surface area contributed by atoms with Crippen molar-refractivity contribution in [2.45, 2.75) is 45.6 Å². The van der Waals surface area contributed by atoms with Crippen LogP contribution in [-0.4, -0.2) is 10.9 Å². The standard InChI is InChI=1S/C18H24N2O/c1-13(2)15-6-8-16(9-7-15)14(3)11-18(21)20-12-17-5-4-10-19-17/h4-10,13-14,19H,11-12H2,1-3H3,(H,20,21)/t14-/m0/s1. The molecule has 1 aromatic heterocycles. The predicted molar refractivity (Wildman–Crippen MR) is 86.2 cm³/mol. The van der Waals surface area contributed by atoms with Crippen molar-refractivity contribution < 1.29 is 4.79 Å². The van der Waals surface area contributed by atoms with Gasteiger partial charge in [0.25, 0.3) is 0 Å². The summed E-state index contributed by atoms with van der Waals surface area (Å²) in [4.78, 5) is 15.1. The van der Waals surface area contributed by atoms with Gasteiger partial charge in [-0.2, -0.15) is 0 Å². The number of benzene rings is 1. The van der Waals surface area contributed by atoms with Gasteiger partial charge in [-0.05, 0) is 35.1 Å². The van der Waals surface area contributed by atoms with Crippen molar-refractivity contribution in [1.29, 1.82) is 0 Å². The van der Waals surface area contributed by atoms with Crippen molar-refractivity contribution in [1.82, 2.24) is 10.3 Å². The average molecular weight is 284 g/mol. The molecule has 0 fully saturated rings. The van der Waals surface area contributed by atoms with E-state index in [4.69, 9.17) is 0 Å². The number of H-pyrrole nitrogens is 1. The zero-order chi connectivity index (χ0) is 15.2. The first-order chi connectivity index (χ1) is 10.1. The molecule has 112 valence electrons. The Morgan fingerprint density at radius 3 is 2.33 bits per heavy atom. The van der Waals surface area contributed by atoms with E-state index in [9.17, 15) is 4.79 Å². The average Bonchev–Trinajstić information content (AvgIpc) is 2.98. The second-order valence-corrected chi connectivity index (χ2v) is 5.90. The highest BCUT2D eigenvalue weighted by Gasteiger charge is 2.11. The minimum atomic E-state index is 0.0880. The summed E-state index contributed by atoms with van der Waals surface area (Å²) in [7, 11) is 0. The SMILES string of the molecule is CC(C)c1ccc([C@@H](C)CC(=O)NCc2ccc[nH]2)cc1. The molecular weight excluding hydrogens is 260 g/mol. The third-order valence-corrected chi connectivity index (χ3v) is 3.80. The minimum Gasteiger partial charge on any atom is -0.364 e. The van der Waals surface area contributed by atoms with Crippen molar-refractivity contribution in [3.63, 3.8) is 0 Å². The molecule has 0 spiro atoms. The van der Waals surface area contributed by atoms with Gasteiger partial charge in [0.15, 0.2) is 0 Å². The zero-order valence-corrected chi connectivity index (χ0v) is 13.0. The molecule has 0 bridgehead atoms. The molecular formula is C18H24N2O. The Morgan fingerprint density at radius 2 is 1.76 bits per heavy atom. The van der Waals surface area contributed by atoms with Crippen molar-refractivity contribution >= 4 is 5.91 Å². The van der Waals surface area contributed by atoms with E-state index >= 15 is 0 Å². The van der Waals surface area contributed by atoms with Crippen molar-refractivity contribution in [3.8, 4) is 0 Å². The Bertz CT molecular complexity index is 555. The highest BCUT2D eigenvalue weighted by Crippen LogP contribution is 2.22. The van der Waals surface area contributed by atoms with E-state index in [0.717, 1.165) is 5.69 Å². The van der Waals surface area contributed by atoms with Gasteiger partial charge >= 0.3 is 0 Å². The summed E-state index contributed by atoms with van der Waals surface area (Å²) in [6.45, 7) is 7.03. The van der Waals surface area contributed by atoms with Gasteiger partial charge in [-0.3, -0.25) is 4.79 Å². The summed E-state index contributed by atoms with van der Waals surface area (Å²) in [6.07, 6.45) is 2.38. The van der Waals surface area contributed by atoms with Crippen LogP contribution in [0.2, 0.25) is 0 Å². The fourth-order valence-electron chi connectivity index (χ4n) is 2.35. The van der Waals surface area contributed by atoms with E-state index in [1.165, 1.54) is 11.1 Å². The molecule has 0 aliphatic heterocycles. The van der Waals surface area contributed by atoms with Crippen LogP contribution in [0.15, 0.2) is 42.6 Å². The number of hydrogen-bond acceptors (Lipinski definition) is 1. The molecule has 3 heteroatoms. The van der Waals surface area contributed by atoms with E-state index in [2.05, 4.69) is 55.3 Å². The fourth-order valence-corrected chi connectivity index (χ4v) is 2.35. The topological polar surface area (TPSA) is 44.9 Å². The predicted octanol–water partition coefficient (Wildman–Crippen LogP) is 3.95. The van der Waals surface area contributed by atoms with Gasteiger partial charge in [0.1, 0.15) is 0 Å². The summed E-state index contributed by atoms with van der Waals surface area (Å²) < 4.78 is 0. The number of aromatic nitrogens is 1. The Labute approximate surface area is 126 Å². The first-order valence-corrected chi connectivity index (χ1v) is 7.55. The molecule has 21 heavy (non-hydrogen) atoms. The monoisotopic (exact) mass is 284 g/mol. The third kappa shape index (κ3) is 4.48. The van der Waals surface area contributed by atoms with E-state index in [1.807, 2.05) is 18.3 Å². The first kappa shape index (κ1) is 15.4. The second-order valence-electron chi connectivity index (χ2n) is 5.90. The molecule has 0 saturated heterocycles. The maximum atomic E-state index is 12.0. The fraction of sp³-hybridized carbons (Fsp3) is 0.389. The second kappa shape index (κ2) is 7.11. The lowest BCUT2D eigenvalue weighted by atomic mass is 9.94. The van der Waals surface area contributed by atoms with Gasteiger partial charge in [0, 0.05) is 18.3 Å². The maximum absolute atomic E-state index is 12.0. The maximum Gasteiger partial charge on any atom is 0.220 e. The quantitative estimate of drug-likeness (QED) is 0.829. The van der Waals surface area contributed by atoms with Crippen LogP contribution in [0.5, 0.6) is 0 Å². The van der Waals surface area contributed by atoms with E-state index in [1.54, 1.807) is 0 Å². The Kier molecular flexibility index (Phi) is 5.20. The summed E-state index contributed by atoms with van der Waals surface area (Å²) in [5, 5.41) is 2.95. The van der Waals surface area contributed by atoms with Gasteiger partial charge in [0.2, 0.25) is 5.91 Å². The van der Waals surface area contributed by atoms with E-state index in [0.29, 0.717) is 18.9 Å². The number of amides is 1. The van der Waals surface area contributed by atoms with Crippen LogP contribution >= 0.6 is 0 Å². The molecule has 1 aromatic carbocycles. The van der Waals surface area contributed by atoms with Crippen LogP contribution in [0, 0.1) is 0 Å². The lowest BCUT2D eigenvalue weighted by Crippen LogP contribution is -2.24. The van der Waals surface area contributed by atoms with Gasteiger partial charge in [-0.25, -0.2) is 0 Å². The summed E-state index contributed by atoms with van der Waals surface area (Å²) >= 11 is 0. The van der Waals surface area contributed by atoms with Gasteiger partial charge in [-0.1, -0.05) is 45.0 Å². The van der Waals surface area contributed by atoms with Crippen molar-refractivity contribution in [2.24, 2.45) is 0 Å². The summed E-state index contributed by atoms with van der Waals surface area (Å²) in [5.74, 6) is 0.860. The molecule has 2 N–H and O–H groups in total. The van der Waals surface area contributed by atoms with Gasteiger partial charge in [-0.15, -0.1) is 0 Å². The van der Waals surface area contributed by atoms with Crippen LogP contribution < -0.4 is 5.32 Å². The molecule has 0 saturated carbocycles. The number of hydrogen-bond donors (Lipinski definition) is 2. The smallest absolute Gasteiger partial charge is 0.220 e. The van der Waals surface area contributed by atoms with Crippen LogP contribution in [0.25, 0.3) is 0 Å². The summed E-state index contributed by atoms with van der Waals surface area (Å²) in [5.41, 5.74) is 3.58. The zero-order valence-electron chi connectivity index (χ0n) is 13.0. The molecule has 1 heterocycles. The number of carbonyl (C=O) groups excluding carboxylic acids is 1. The van der Waals surface area contributed by atoms with Gasteiger partial charge < -0.3 is 10.3 Å².